The number of ether oxygens (including phenoxy) is 1. The topological polar surface area (TPSA) is 113 Å². The molecule has 0 aliphatic carbocycles. The first-order chi connectivity index (χ1) is 15.0. The largest absolute Gasteiger partial charge is 0.473 e. The Morgan fingerprint density at radius 2 is 1.69 bits per heavy atom. The molecule has 0 fully saturated rings. The van der Waals surface area contributed by atoms with E-state index in [1.165, 1.54) is 6.07 Å². The molecule has 1 unspecified atom stereocenters. The normalized spacial score (nSPS) is 11.7. The van der Waals surface area contributed by atoms with Gasteiger partial charge in [0.25, 0.3) is 0 Å². The van der Waals surface area contributed by atoms with E-state index >= 15 is 0 Å². The first kappa shape index (κ1) is 26.9. The van der Waals surface area contributed by atoms with Crippen LogP contribution >= 0.6 is 11.6 Å². The molecule has 1 atom stereocenters. The maximum Gasteiger partial charge on any atom is 0.416 e. The molecule has 2 aromatic rings. The molecule has 0 aliphatic rings. The van der Waals surface area contributed by atoms with Gasteiger partial charge in [0, 0.05) is 17.6 Å². The molecule has 2 aromatic carbocycles. The Balaban J connectivity index is 0.000000751. The summed E-state index contributed by atoms with van der Waals surface area (Å²) < 4.78 is 43.5. The minimum absolute atomic E-state index is 0.0243. The predicted molar refractivity (Wildman–Crippen MR) is 109 cm³/mol. The van der Waals surface area contributed by atoms with Crippen LogP contribution in [0.5, 0.6) is 0 Å². The molecule has 32 heavy (non-hydrogen) atoms. The molecule has 0 radical (unpaired) electrons. The Morgan fingerprint density at radius 3 is 2.22 bits per heavy atom. The predicted octanol–water partition coefficient (Wildman–Crippen LogP) is 4.30. The molecular formula is C21H21ClF3NO6. The number of carbonyl (C=O) groups excluding carboxylic acids is 1. The average Bonchev–Trinajstić information content (AvgIpc) is 2.72. The summed E-state index contributed by atoms with van der Waals surface area (Å²) in [5, 5.41) is 18.4. The van der Waals surface area contributed by atoms with Gasteiger partial charge in [-0.05, 0) is 30.2 Å². The Bertz CT molecular complexity index is 924. The van der Waals surface area contributed by atoms with Crippen molar-refractivity contribution in [2.45, 2.75) is 32.1 Å². The fourth-order valence-electron chi connectivity index (χ4n) is 2.54. The van der Waals surface area contributed by atoms with Crippen LogP contribution < -0.4 is 5.32 Å². The molecule has 174 valence electrons. The zero-order chi connectivity index (χ0) is 24.3. The maximum atomic E-state index is 12.8. The van der Waals surface area contributed by atoms with Gasteiger partial charge in [0.2, 0.25) is 0 Å². The van der Waals surface area contributed by atoms with Crippen LogP contribution in [0.1, 0.15) is 36.1 Å². The summed E-state index contributed by atoms with van der Waals surface area (Å²) in [7, 11) is 0. The van der Waals surface area contributed by atoms with Crippen LogP contribution in [-0.2, 0) is 31.8 Å². The third-order valence-corrected chi connectivity index (χ3v) is 4.29. The first-order valence-electron chi connectivity index (χ1n) is 9.21. The number of benzene rings is 2. The molecular weight excluding hydrogens is 455 g/mol. The summed E-state index contributed by atoms with van der Waals surface area (Å²) in [4.78, 5) is 30.1. The van der Waals surface area contributed by atoms with Crippen molar-refractivity contribution in [2.75, 3.05) is 6.61 Å². The molecule has 2 rings (SSSR count). The number of nitrogens with one attached hydrogen (secondary N) is 1. The van der Waals surface area contributed by atoms with Crippen LogP contribution in [0.15, 0.2) is 48.5 Å². The Morgan fingerprint density at radius 1 is 1.06 bits per heavy atom. The number of aliphatic carboxylic acids is 2. The van der Waals surface area contributed by atoms with Crippen molar-refractivity contribution < 1.29 is 42.5 Å². The number of alkyl halides is 3. The van der Waals surface area contributed by atoms with Gasteiger partial charge in [-0.25, -0.2) is 9.59 Å². The fraction of sp³-hybridized carbons (Fsp3) is 0.286. The van der Waals surface area contributed by atoms with Gasteiger partial charge >= 0.3 is 24.1 Å². The third-order valence-electron chi connectivity index (χ3n) is 3.95. The van der Waals surface area contributed by atoms with Crippen LogP contribution in [0.3, 0.4) is 0 Å². The summed E-state index contributed by atoms with van der Waals surface area (Å²) >= 11 is 6.21. The van der Waals surface area contributed by atoms with Crippen molar-refractivity contribution in [3.8, 4) is 0 Å². The van der Waals surface area contributed by atoms with E-state index < -0.39 is 35.7 Å². The third kappa shape index (κ3) is 9.36. The molecule has 0 amide bonds. The van der Waals surface area contributed by atoms with Gasteiger partial charge in [-0.15, -0.1) is 0 Å². The second-order valence-electron chi connectivity index (χ2n) is 6.27. The Labute approximate surface area is 186 Å². The van der Waals surface area contributed by atoms with Crippen molar-refractivity contribution >= 4 is 29.5 Å². The first-order valence-corrected chi connectivity index (χ1v) is 9.59. The van der Waals surface area contributed by atoms with E-state index in [0.717, 1.165) is 12.1 Å². The van der Waals surface area contributed by atoms with Crippen LogP contribution in [-0.4, -0.2) is 34.7 Å². The second kappa shape index (κ2) is 12.7. The molecule has 7 nitrogen and oxygen atoms in total. The van der Waals surface area contributed by atoms with E-state index in [1.54, 1.807) is 37.3 Å². The number of carbonyl (C=O) groups is 3. The maximum absolute atomic E-state index is 12.8. The lowest BCUT2D eigenvalue weighted by molar-refractivity contribution is -0.159. The van der Waals surface area contributed by atoms with Gasteiger partial charge in [-0.2, -0.15) is 13.2 Å². The van der Waals surface area contributed by atoms with E-state index in [0.29, 0.717) is 16.1 Å². The zero-order valence-corrected chi connectivity index (χ0v) is 17.6. The molecule has 0 saturated carbocycles. The number of carboxylic acids is 2. The summed E-state index contributed by atoms with van der Waals surface area (Å²) in [5.74, 6) is -4.06. The Hall–Kier alpha value is -3.11. The summed E-state index contributed by atoms with van der Waals surface area (Å²) in [6.45, 7) is 2.11. The number of rotatable bonds is 7. The van der Waals surface area contributed by atoms with Crippen LogP contribution in [0.25, 0.3) is 0 Å². The van der Waals surface area contributed by atoms with E-state index in [2.05, 4.69) is 5.32 Å². The fourth-order valence-corrected chi connectivity index (χ4v) is 2.80. The van der Waals surface area contributed by atoms with Gasteiger partial charge < -0.3 is 20.3 Å². The lowest BCUT2D eigenvalue weighted by Gasteiger charge is -2.20. The monoisotopic (exact) mass is 475 g/mol. The number of hydrogen-bond donors (Lipinski definition) is 3. The lowest BCUT2D eigenvalue weighted by Crippen LogP contribution is -2.25. The highest BCUT2D eigenvalue weighted by Gasteiger charge is 2.30. The molecule has 0 aromatic heterocycles. The molecule has 0 bridgehead atoms. The number of halogens is 4. The standard InChI is InChI=1S/C19H19ClF3NO2.C2H2O4/c1-2-26-18(25)11-17(15-8-3-4-9-16(15)20)24-12-13-6-5-7-14(10-13)19(21,22)23;3-1(4)2(5)6/h3-10,17,24H,2,11-12H2,1H3;(H,3,4)(H,5,6). The van der Waals surface area contributed by atoms with E-state index in [1.807, 2.05) is 0 Å². The van der Waals surface area contributed by atoms with Crippen LogP contribution in [0, 0.1) is 0 Å². The highest BCUT2D eigenvalue weighted by atomic mass is 35.5. The van der Waals surface area contributed by atoms with Crippen molar-refractivity contribution in [1.29, 1.82) is 0 Å². The lowest BCUT2D eigenvalue weighted by atomic mass is 10.0. The quantitative estimate of drug-likeness (QED) is 0.404. The zero-order valence-electron chi connectivity index (χ0n) is 16.9. The van der Waals surface area contributed by atoms with E-state index in [-0.39, 0.29) is 19.6 Å². The molecule has 3 N–H and O–H groups in total. The molecule has 0 aliphatic heterocycles. The van der Waals surface area contributed by atoms with Gasteiger partial charge in [0.15, 0.2) is 0 Å². The second-order valence-corrected chi connectivity index (χ2v) is 6.68. The average molecular weight is 476 g/mol. The van der Waals surface area contributed by atoms with E-state index in [4.69, 9.17) is 36.1 Å². The van der Waals surface area contributed by atoms with Crippen molar-refractivity contribution in [1.82, 2.24) is 5.32 Å². The van der Waals surface area contributed by atoms with Gasteiger partial charge in [0.05, 0.1) is 18.6 Å². The minimum Gasteiger partial charge on any atom is -0.473 e. The summed E-state index contributed by atoms with van der Waals surface area (Å²) in [6.07, 6.45) is -4.38. The SMILES string of the molecule is CCOC(=O)CC(NCc1cccc(C(F)(F)F)c1)c1ccccc1Cl.O=C(O)C(=O)O. The summed E-state index contributed by atoms with van der Waals surface area (Å²) in [5.41, 5.74) is 0.436. The van der Waals surface area contributed by atoms with Crippen molar-refractivity contribution in [2.24, 2.45) is 0 Å². The number of esters is 1. The van der Waals surface area contributed by atoms with Gasteiger partial charge in [-0.1, -0.05) is 48.0 Å². The highest BCUT2D eigenvalue weighted by Crippen LogP contribution is 2.30. The Kier molecular flexibility index (Phi) is 10.7. The summed E-state index contributed by atoms with van der Waals surface area (Å²) in [6, 6.07) is 11.6. The molecule has 11 heteroatoms. The minimum atomic E-state index is -4.40. The number of carboxylic acid groups (broad SMARTS) is 2. The number of hydrogen-bond acceptors (Lipinski definition) is 5. The molecule has 0 heterocycles. The molecule has 0 saturated heterocycles. The van der Waals surface area contributed by atoms with Gasteiger partial charge in [0.1, 0.15) is 0 Å². The smallest absolute Gasteiger partial charge is 0.416 e. The van der Waals surface area contributed by atoms with Crippen LogP contribution in [0.4, 0.5) is 13.2 Å². The van der Waals surface area contributed by atoms with Crippen molar-refractivity contribution in [3.05, 3.63) is 70.2 Å². The highest BCUT2D eigenvalue weighted by molar-refractivity contribution is 6.31. The van der Waals surface area contributed by atoms with Crippen LogP contribution in [0.2, 0.25) is 5.02 Å². The van der Waals surface area contributed by atoms with Crippen molar-refractivity contribution in [3.63, 3.8) is 0 Å². The molecule has 0 spiro atoms. The van der Waals surface area contributed by atoms with Gasteiger partial charge in [-0.3, -0.25) is 4.79 Å². The van der Waals surface area contributed by atoms with E-state index in [9.17, 15) is 18.0 Å².